The molecule has 2 aliphatic rings. The van der Waals surface area contributed by atoms with E-state index in [4.69, 9.17) is 4.74 Å². The molecule has 0 spiro atoms. The van der Waals surface area contributed by atoms with Gasteiger partial charge in [-0.25, -0.2) is 0 Å². The van der Waals surface area contributed by atoms with Crippen LogP contribution < -0.4 is 10.6 Å². The Bertz CT molecular complexity index is 234. The summed E-state index contributed by atoms with van der Waals surface area (Å²) < 4.78 is 5.30. The smallest absolute Gasteiger partial charge is 0.220 e. The molecule has 2 rings (SSSR count). The van der Waals surface area contributed by atoms with E-state index in [9.17, 15) is 4.79 Å². The van der Waals surface area contributed by atoms with Gasteiger partial charge in [-0.2, -0.15) is 0 Å². The van der Waals surface area contributed by atoms with E-state index in [2.05, 4.69) is 10.6 Å². The highest BCUT2D eigenvalue weighted by Crippen LogP contribution is 2.17. The van der Waals surface area contributed by atoms with E-state index in [0.29, 0.717) is 18.3 Å². The number of piperidine rings is 1. The predicted molar refractivity (Wildman–Crippen MR) is 66.8 cm³/mol. The molecule has 4 heteroatoms. The molecule has 0 aliphatic carbocycles. The quantitative estimate of drug-likeness (QED) is 0.751. The summed E-state index contributed by atoms with van der Waals surface area (Å²) in [5, 5.41) is 6.42. The third-order valence-electron chi connectivity index (χ3n) is 3.79. The molecule has 17 heavy (non-hydrogen) atoms. The van der Waals surface area contributed by atoms with E-state index in [-0.39, 0.29) is 5.91 Å². The molecular weight excluding hydrogens is 216 g/mol. The number of amides is 1. The zero-order chi connectivity index (χ0) is 11.9. The van der Waals surface area contributed by atoms with E-state index in [0.717, 1.165) is 45.7 Å². The lowest BCUT2D eigenvalue weighted by Crippen LogP contribution is -2.38. The van der Waals surface area contributed by atoms with E-state index in [1.54, 1.807) is 0 Å². The van der Waals surface area contributed by atoms with Crippen LogP contribution in [-0.4, -0.2) is 38.8 Å². The van der Waals surface area contributed by atoms with E-state index in [1.807, 2.05) is 0 Å². The molecule has 2 atom stereocenters. The normalized spacial score (nSPS) is 29.2. The molecular formula is C13H24N2O2. The third kappa shape index (κ3) is 4.64. The summed E-state index contributed by atoms with van der Waals surface area (Å²) in [7, 11) is 0. The summed E-state index contributed by atoms with van der Waals surface area (Å²) in [5.41, 5.74) is 0. The van der Waals surface area contributed by atoms with Crippen LogP contribution in [0.1, 0.15) is 32.1 Å². The Hall–Kier alpha value is -0.610. The summed E-state index contributed by atoms with van der Waals surface area (Å²) in [6.45, 7) is 4.75. The van der Waals surface area contributed by atoms with Gasteiger partial charge in [-0.05, 0) is 50.6 Å². The van der Waals surface area contributed by atoms with Crippen molar-refractivity contribution in [3.63, 3.8) is 0 Å². The Morgan fingerprint density at radius 2 is 2.29 bits per heavy atom. The van der Waals surface area contributed by atoms with Gasteiger partial charge < -0.3 is 15.4 Å². The molecule has 2 saturated heterocycles. The maximum Gasteiger partial charge on any atom is 0.220 e. The van der Waals surface area contributed by atoms with E-state index in [1.165, 1.54) is 12.8 Å². The summed E-state index contributed by atoms with van der Waals surface area (Å²) in [4.78, 5) is 11.7. The first-order valence-electron chi connectivity index (χ1n) is 6.90. The fourth-order valence-electron chi connectivity index (χ4n) is 2.59. The first kappa shape index (κ1) is 12.8. The van der Waals surface area contributed by atoms with E-state index >= 15 is 0 Å². The molecule has 2 heterocycles. The molecule has 0 aromatic heterocycles. The molecule has 0 aromatic carbocycles. The fourth-order valence-corrected chi connectivity index (χ4v) is 2.59. The van der Waals surface area contributed by atoms with Gasteiger partial charge in [0.2, 0.25) is 5.91 Å². The second-order valence-corrected chi connectivity index (χ2v) is 5.28. The van der Waals surface area contributed by atoms with Gasteiger partial charge in [0.25, 0.3) is 0 Å². The number of hydrogen-bond donors (Lipinski definition) is 2. The van der Waals surface area contributed by atoms with Crippen molar-refractivity contribution in [3.05, 3.63) is 0 Å². The molecule has 0 radical (unpaired) electrons. The lowest BCUT2D eigenvalue weighted by molar-refractivity contribution is -0.121. The molecule has 2 fully saturated rings. The lowest BCUT2D eigenvalue weighted by atomic mass is 9.99. The zero-order valence-electron chi connectivity index (χ0n) is 10.5. The largest absolute Gasteiger partial charge is 0.381 e. The van der Waals surface area contributed by atoms with Crippen molar-refractivity contribution in [1.29, 1.82) is 0 Å². The van der Waals surface area contributed by atoms with Crippen LogP contribution in [0.15, 0.2) is 0 Å². The molecule has 2 N–H and O–H groups in total. The Balaban J connectivity index is 1.53. The van der Waals surface area contributed by atoms with Gasteiger partial charge in [-0.3, -0.25) is 4.79 Å². The van der Waals surface area contributed by atoms with Crippen molar-refractivity contribution in [2.75, 3.05) is 32.8 Å². The van der Waals surface area contributed by atoms with Crippen LogP contribution in [0.25, 0.3) is 0 Å². The minimum absolute atomic E-state index is 0.211. The third-order valence-corrected chi connectivity index (χ3v) is 3.79. The standard InChI is InChI=1S/C13H24N2O2/c16-13(4-3-11-5-7-17-10-11)15-9-12-2-1-6-14-8-12/h11-12,14H,1-10H2,(H,15,16). The molecule has 0 saturated carbocycles. The average molecular weight is 240 g/mol. The van der Waals surface area contributed by atoms with Crippen molar-refractivity contribution in [3.8, 4) is 0 Å². The van der Waals surface area contributed by atoms with Gasteiger partial charge in [-0.1, -0.05) is 0 Å². The van der Waals surface area contributed by atoms with Gasteiger partial charge >= 0.3 is 0 Å². The summed E-state index contributed by atoms with van der Waals surface area (Å²) in [5.74, 6) is 1.45. The Kier molecular flexibility index (Phi) is 5.26. The van der Waals surface area contributed by atoms with E-state index < -0.39 is 0 Å². The summed E-state index contributed by atoms with van der Waals surface area (Å²) in [6, 6.07) is 0. The van der Waals surface area contributed by atoms with Crippen LogP contribution in [0.2, 0.25) is 0 Å². The number of nitrogens with one attached hydrogen (secondary N) is 2. The Labute approximate surface area is 103 Å². The fraction of sp³-hybridized carbons (Fsp3) is 0.923. The van der Waals surface area contributed by atoms with Crippen molar-refractivity contribution < 1.29 is 9.53 Å². The Morgan fingerprint density at radius 3 is 3.00 bits per heavy atom. The molecule has 98 valence electrons. The van der Waals surface area contributed by atoms with Crippen LogP contribution in [0, 0.1) is 11.8 Å². The highest BCUT2D eigenvalue weighted by atomic mass is 16.5. The molecule has 0 bridgehead atoms. The first-order chi connectivity index (χ1) is 8.34. The molecule has 1 amide bonds. The van der Waals surface area contributed by atoms with Crippen LogP contribution >= 0.6 is 0 Å². The maximum atomic E-state index is 11.7. The van der Waals surface area contributed by atoms with Crippen molar-refractivity contribution >= 4 is 5.91 Å². The van der Waals surface area contributed by atoms with Gasteiger partial charge in [0.15, 0.2) is 0 Å². The zero-order valence-corrected chi connectivity index (χ0v) is 10.5. The molecule has 2 aliphatic heterocycles. The van der Waals surface area contributed by atoms with Crippen molar-refractivity contribution in [2.45, 2.75) is 32.1 Å². The first-order valence-corrected chi connectivity index (χ1v) is 6.90. The van der Waals surface area contributed by atoms with Gasteiger partial charge in [0.05, 0.1) is 0 Å². The van der Waals surface area contributed by atoms with Crippen molar-refractivity contribution in [1.82, 2.24) is 10.6 Å². The highest BCUT2D eigenvalue weighted by Gasteiger charge is 2.17. The number of carbonyl (C=O) groups excluding carboxylic acids is 1. The molecule has 4 nitrogen and oxygen atoms in total. The number of hydrogen-bond acceptors (Lipinski definition) is 3. The average Bonchev–Trinajstić information content (AvgIpc) is 2.88. The maximum absolute atomic E-state index is 11.7. The number of carbonyl (C=O) groups is 1. The number of rotatable bonds is 5. The molecule has 2 unspecified atom stereocenters. The minimum Gasteiger partial charge on any atom is -0.381 e. The van der Waals surface area contributed by atoms with Crippen LogP contribution in [0.4, 0.5) is 0 Å². The second-order valence-electron chi connectivity index (χ2n) is 5.28. The monoisotopic (exact) mass is 240 g/mol. The SMILES string of the molecule is O=C(CCC1CCOC1)NCC1CCCNC1. The summed E-state index contributed by atoms with van der Waals surface area (Å²) in [6.07, 6.45) is 5.24. The van der Waals surface area contributed by atoms with Crippen LogP contribution in [-0.2, 0) is 9.53 Å². The Morgan fingerprint density at radius 1 is 1.35 bits per heavy atom. The minimum atomic E-state index is 0.211. The van der Waals surface area contributed by atoms with Crippen LogP contribution in [0.5, 0.6) is 0 Å². The van der Waals surface area contributed by atoms with Crippen LogP contribution in [0.3, 0.4) is 0 Å². The van der Waals surface area contributed by atoms with Gasteiger partial charge in [0.1, 0.15) is 0 Å². The van der Waals surface area contributed by atoms with Gasteiger partial charge in [0, 0.05) is 26.2 Å². The second kappa shape index (κ2) is 6.97. The highest BCUT2D eigenvalue weighted by molar-refractivity contribution is 5.75. The van der Waals surface area contributed by atoms with Gasteiger partial charge in [-0.15, -0.1) is 0 Å². The summed E-state index contributed by atoms with van der Waals surface area (Å²) >= 11 is 0. The molecule has 0 aromatic rings. The predicted octanol–water partition coefficient (Wildman–Crippen LogP) is 0.919. The van der Waals surface area contributed by atoms with Crippen molar-refractivity contribution in [2.24, 2.45) is 11.8 Å². The lowest BCUT2D eigenvalue weighted by Gasteiger charge is -2.22. The topological polar surface area (TPSA) is 50.4 Å². The number of ether oxygens (including phenoxy) is 1.